The Labute approximate surface area is 249 Å². The maximum atomic E-state index is 13.2. The average molecular weight is 601 g/mol. The lowest BCUT2D eigenvalue weighted by molar-refractivity contribution is -0.136. The maximum Gasteiger partial charge on any atom is 0.410 e. The lowest BCUT2D eigenvalue weighted by atomic mass is 10.1. The van der Waals surface area contributed by atoms with Crippen molar-refractivity contribution in [1.29, 1.82) is 0 Å². The molecule has 2 fully saturated rings. The third kappa shape index (κ3) is 8.74. The largest absolute Gasteiger partial charge is 0.444 e. The summed E-state index contributed by atoms with van der Waals surface area (Å²) in [4.78, 5) is 65.0. The summed E-state index contributed by atoms with van der Waals surface area (Å²) in [5, 5.41) is 10.7. The number of hydrogen-bond acceptors (Lipinski definition) is 10. The molecule has 234 valence electrons. The van der Waals surface area contributed by atoms with Crippen LogP contribution in [-0.2, 0) is 28.6 Å². The van der Waals surface area contributed by atoms with Gasteiger partial charge in [-0.25, -0.2) is 9.48 Å². The van der Waals surface area contributed by atoms with Crippen LogP contribution >= 0.6 is 0 Å². The second-order valence-electron chi connectivity index (χ2n) is 11.4. The van der Waals surface area contributed by atoms with Crippen molar-refractivity contribution >= 4 is 40.3 Å². The highest BCUT2D eigenvalue weighted by atomic mass is 16.6. The van der Waals surface area contributed by atoms with Gasteiger partial charge < -0.3 is 29.3 Å². The third-order valence-electron chi connectivity index (χ3n) is 7.02. The Hall–Kier alpha value is -4.04. The minimum atomic E-state index is -0.837. The molecule has 4 rings (SSSR count). The van der Waals surface area contributed by atoms with E-state index in [0.29, 0.717) is 69.0 Å². The first-order valence-corrected chi connectivity index (χ1v) is 14.5. The molecule has 1 unspecified atom stereocenters. The zero-order chi connectivity index (χ0) is 31.0. The molecule has 2 aliphatic heterocycles. The number of hydrogen-bond donors (Lipinski definition) is 2. The van der Waals surface area contributed by atoms with Gasteiger partial charge >= 0.3 is 6.09 Å². The molecular formula is C29H40N6O8. The predicted octanol–water partition coefficient (Wildman–Crippen LogP) is 1.29. The van der Waals surface area contributed by atoms with Gasteiger partial charge in [0.05, 0.1) is 44.4 Å². The van der Waals surface area contributed by atoms with Crippen LogP contribution in [0, 0.1) is 0 Å². The van der Waals surface area contributed by atoms with Gasteiger partial charge in [-0.1, -0.05) is 12.1 Å². The molecule has 4 amide bonds. The van der Waals surface area contributed by atoms with E-state index in [1.54, 1.807) is 28.0 Å². The summed E-state index contributed by atoms with van der Waals surface area (Å²) in [6, 6.07) is 4.51. The zero-order valence-electron chi connectivity index (χ0n) is 24.9. The van der Waals surface area contributed by atoms with Gasteiger partial charge in [-0.15, -0.1) is 0 Å². The van der Waals surface area contributed by atoms with Crippen LogP contribution in [0.1, 0.15) is 46.1 Å². The number of piperazine rings is 1. The van der Waals surface area contributed by atoms with Crippen molar-refractivity contribution in [2.24, 2.45) is 0 Å². The van der Waals surface area contributed by atoms with Crippen LogP contribution in [0.4, 0.5) is 10.5 Å². The third-order valence-corrected chi connectivity index (χ3v) is 7.02. The molecule has 0 saturated carbocycles. The van der Waals surface area contributed by atoms with Gasteiger partial charge in [-0.2, -0.15) is 5.10 Å². The molecule has 43 heavy (non-hydrogen) atoms. The molecule has 0 aliphatic carbocycles. The fourth-order valence-corrected chi connectivity index (χ4v) is 4.85. The highest BCUT2D eigenvalue weighted by Gasteiger charge is 2.30. The van der Waals surface area contributed by atoms with E-state index in [2.05, 4.69) is 15.7 Å². The Bertz CT molecular complexity index is 1380. The van der Waals surface area contributed by atoms with E-state index in [1.165, 1.54) is 6.20 Å². The van der Waals surface area contributed by atoms with E-state index < -0.39 is 23.1 Å². The molecular weight excluding hydrogens is 560 g/mol. The van der Waals surface area contributed by atoms with Crippen LogP contribution in [0.25, 0.3) is 10.8 Å². The number of carbonyl (C=O) groups is 4. The molecule has 2 aromatic rings. The second-order valence-corrected chi connectivity index (χ2v) is 11.4. The minimum absolute atomic E-state index is 0.0177. The van der Waals surface area contributed by atoms with Gasteiger partial charge in [0.2, 0.25) is 11.8 Å². The highest BCUT2D eigenvalue weighted by Crippen LogP contribution is 2.22. The fourth-order valence-electron chi connectivity index (χ4n) is 4.85. The van der Waals surface area contributed by atoms with Crippen LogP contribution in [0.3, 0.4) is 0 Å². The van der Waals surface area contributed by atoms with Gasteiger partial charge in [0.25, 0.3) is 11.5 Å². The summed E-state index contributed by atoms with van der Waals surface area (Å²) >= 11 is 0. The Balaban J connectivity index is 1.13. The van der Waals surface area contributed by atoms with Crippen LogP contribution in [0.5, 0.6) is 0 Å². The molecule has 0 spiro atoms. The van der Waals surface area contributed by atoms with Gasteiger partial charge in [-0.05, 0) is 33.3 Å². The number of fused-ring (bicyclic) bond motifs is 1. The molecule has 0 bridgehead atoms. The van der Waals surface area contributed by atoms with Crippen molar-refractivity contribution < 1.29 is 33.4 Å². The van der Waals surface area contributed by atoms with Gasteiger partial charge in [0.1, 0.15) is 11.6 Å². The number of ether oxygens (including phenoxy) is 3. The lowest BCUT2D eigenvalue weighted by Crippen LogP contribution is -2.51. The topological polar surface area (TPSA) is 161 Å². The second kappa shape index (κ2) is 14.4. The summed E-state index contributed by atoms with van der Waals surface area (Å²) in [6.45, 7) is 9.00. The number of rotatable bonds is 11. The van der Waals surface area contributed by atoms with E-state index in [1.807, 2.05) is 20.8 Å². The number of piperidine rings is 1. The van der Waals surface area contributed by atoms with Crippen molar-refractivity contribution in [2.45, 2.75) is 51.7 Å². The number of nitrogens with one attached hydrogen (secondary N) is 2. The molecule has 14 heteroatoms. The van der Waals surface area contributed by atoms with E-state index >= 15 is 0 Å². The van der Waals surface area contributed by atoms with Gasteiger partial charge in [-0.3, -0.25) is 24.5 Å². The molecule has 1 atom stereocenters. The van der Waals surface area contributed by atoms with E-state index in [-0.39, 0.29) is 43.8 Å². The molecule has 1 aromatic carbocycles. The number of benzene rings is 1. The van der Waals surface area contributed by atoms with Crippen LogP contribution < -0.4 is 16.2 Å². The quantitative estimate of drug-likeness (QED) is 0.284. The SMILES string of the molecule is CC(C)(C)OC(=O)N1CCN(C(=O)CCOCCOCCNc2cccc3cnn(C4CCC(=O)NC4=O)c(=O)c23)CC1. The van der Waals surface area contributed by atoms with Gasteiger partial charge in [0, 0.05) is 50.2 Å². The molecule has 2 aliphatic rings. The number of anilines is 1. The van der Waals surface area contributed by atoms with E-state index in [4.69, 9.17) is 14.2 Å². The molecule has 1 aromatic heterocycles. The van der Waals surface area contributed by atoms with Crippen LogP contribution in [-0.4, -0.2) is 108 Å². The molecule has 14 nitrogen and oxygen atoms in total. The number of nitrogens with zero attached hydrogens (tertiary/aromatic N) is 4. The number of carbonyl (C=O) groups excluding carboxylic acids is 4. The number of imide groups is 1. The Morgan fingerprint density at radius 3 is 2.40 bits per heavy atom. The first-order valence-electron chi connectivity index (χ1n) is 14.5. The smallest absolute Gasteiger partial charge is 0.410 e. The molecule has 0 radical (unpaired) electrons. The first kappa shape index (κ1) is 31.9. The number of amides is 4. The van der Waals surface area contributed by atoms with Crippen molar-refractivity contribution in [2.75, 3.05) is 64.5 Å². The summed E-state index contributed by atoms with van der Waals surface area (Å²) in [7, 11) is 0. The monoisotopic (exact) mass is 600 g/mol. The fraction of sp³-hybridized carbons (Fsp3) is 0.586. The van der Waals surface area contributed by atoms with Gasteiger partial charge in [0.15, 0.2) is 0 Å². The summed E-state index contributed by atoms with van der Waals surface area (Å²) in [5.41, 5.74) is -0.372. The zero-order valence-corrected chi connectivity index (χ0v) is 24.9. The molecule has 2 saturated heterocycles. The first-order chi connectivity index (χ1) is 20.5. The maximum absolute atomic E-state index is 13.2. The summed E-state index contributed by atoms with van der Waals surface area (Å²) in [6.07, 6.45) is 1.79. The number of aromatic nitrogens is 2. The van der Waals surface area contributed by atoms with Crippen LogP contribution in [0.15, 0.2) is 29.2 Å². The summed E-state index contributed by atoms with van der Waals surface area (Å²) in [5.74, 6) is -0.909. The standard InChI is InChI=1S/C29H40N6O8/c1-29(2,3)43-28(40)34-13-11-33(12-14-34)24(37)9-15-41-17-18-42-16-10-30-21-6-4-5-20-19-31-35(27(39)25(20)21)22-7-8-23(36)32-26(22)38/h4-6,19,22,30H,7-18H2,1-3H3,(H,32,36,38). The minimum Gasteiger partial charge on any atom is -0.444 e. The van der Waals surface area contributed by atoms with Crippen molar-refractivity contribution in [3.63, 3.8) is 0 Å². The highest BCUT2D eigenvalue weighted by molar-refractivity contribution is 5.99. The Morgan fingerprint density at radius 2 is 1.70 bits per heavy atom. The van der Waals surface area contributed by atoms with E-state index in [0.717, 1.165) is 4.68 Å². The Kier molecular flexibility index (Phi) is 10.7. The average Bonchev–Trinajstić information content (AvgIpc) is 2.96. The van der Waals surface area contributed by atoms with Crippen molar-refractivity contribution in [3.05, 3.63) is 34.7 Å². The van der Waals surface area contributed by atoms with Crippen molar-refractivity contribution in [1.82, 2.24) is 24.9 Å². The van der Waals surface area contributed by atoms with E-state index in [9.17, 15) is 24.0 Å². The molecule has 2 N–H and O–H groups in total. The Morgan fingerprint density at radius 1 is 1.00 bits per heavy atom. The lowest BCUT2D eigenvalue weighted by Gasteiger charge is -2.35. The predicted molar refractivity (Wildman–Crippen MR) is 157 cm³/mol. The van der Waals surface area contributed by atoms with Crippen LogP contribution in [0.2, 0.25) is 0 Å². The molecule has 3 heterocycles. The normalized spacial score (nSPS) is 17.6. The summed E-state index contributed by atoms with van der Waals surface area (Å²) < 4.78 is 17.7. The van der Waals surface area contributed by atoms with Crippen molar-refractivity contribution in [3.8, 4) is 0 Å².